The van der Waals surface area contributed by atoms with Crippen LogP contribution in [-0.4, -0.2) is 58.2 Å². The fourth-order valence-corrected chi connectivity index (χ4v) is 2.58. The first-order chi connectivity index (χ1) is 14.0. The van der Waals surface area contributed by atoms with Crippen LogP contribution in [0.25, 0.3) is 0 Å². The minimum Gasteiger partial charge on any atom is -0.493 e. The number of hydrogen-bond acceptors (Lipinski definition) is 4. The molecule has 2 N–H and O–H groups in total. The fourth-order valence-electron chi connectivity index (χ4n) is 2.58. The lowest BCUT2D eigenvalue weighted by Gasteiger charge is -2.14. The summed E-state index contributed by atoms with van der Waals surface area (Å²) >= 11 is 0. The van der Waals surface area contributed by atoms with Crippen LogP contribution >= 0.6 is 0 Å². The Morgan fingerprint density at radius 1 is 1.10 bits per heavy atom. The van der Waals surface area contributed by atoms with E-state index in [9.17, 15) is 4.79 Å². The van der Waals surface area contributed by atoms with Crippen LogP contribution in [0.2, 0.25) is 0 Å². The summed E-state index contributed by atoms with van der Waals surface area (Å²) in [5.41, 5.74) is 2.61. The summed E-state index contributed by atoms with van der Waals surface area (Å²) < 4.78 is 10.8. The first-order valence-electron chi connectivity index (χ1n) is 9.53. The van der Waals surface area contributed by atoms with Gasteiger partial charge in [0.2, 0.25) is 0 Å². The molecule has 0 aliphatic rings. The molecule has 0 bridgehead atoms. The van der Waals surface area contributed by atoms with Gasteiger partial charge < -0.3 is 25.0 Å². The number of benzene rings is 2. The van der Waals surface area contributed by atoms with E-state index in [0.29, 0.717) is 31.3 Å². The maximum absolute atomic E-state index is 12.0. The molecule has 0 saturated carbocycles. The van der Waals surface area contributed by atoms with Crippen molar-refractivity contribution in [2.75, 3.05) is 46.8 Å². The van der Waals surface area contributed by atoms with Crippen LogP contribution in [0.15, 0.2) is 53.5 Å². The monoisotopic (exact) mass is 398 g/mol. The summed E-state index contributed by atoms with van der Waals surface area (Å²) in [5.74, 6) is 1.43. The lowest BCUT2D eigenvalue weighted by molar-refractivity contribution is 0.0827. The van der Waals surface area contributed by atoms with Gasteiger partial charge >= 0.3 is 0 Å². The van der Waals surface area contributed by atoms with Crippen LogP contribution in [0.5, 0.6) is 5.75 Å². The number of amides is 1. The van der Waals surface area contributed by atoms with Crippen LogP contribution in [0, 0.1) is 0 Å². The summed E-state index contributed by atoms with van der Waals surface area (Å²) in [6.07, 6.45) is 0.844. The molecule has 2 aromatic carbocycles. The third kappa shape index (κ3) is 7.46. The van der Waals surface area contributed by atoms with Gasteiger partial charge in [0, 0.05) is 65.1 Å². The van der Waals surface area contributed by atoms with Gasteiger partial charge in [-0.15, -0.1) is 0 Å². The third-order valence-electron chi connectivity index (χ3n) is 4.15. The Morgan fingerprint density at radius 3 is 2.52 bits per heavy atom. The largest absolute Gasteiger partial charge is 0.493 e. The van der Waals surface area contributed by atoms with Crippen molar-refractivity contribution < 1.29 is 14.3 Å². The standard InChI is InChI=1S/C22H30N4O3/c1-23-22(24-16-17-9-11-18(12-10-17)21(27)26(2)3)25-19-7-5-8-20(15-19)29-14-6-13-28-4/h5,7-12,15H,6,13-14,16H2,1-4H3,(H2,23,24,25). The second-order valence-electron chi connectivity index (χ2n) is 6.67. The SMILES string of the molecule is CN=C(NCc1ccc(C(=O)N(C)C)cc1)Nc1cccc(OCCCOC)c1. The van der Waals surface area contributed by atoms with Crippen LogP contribution in [0.3, 0.4) is 0 Å². The van der Waals surface area contributed by atoms with Gasteiger partial charge in [0.15, 0.2) is 5.96 Å². The molecule has 7 heteroatoms. The van der Waals surface area contributed by atoms with Crippen molar-refractivity contribution in [2.45, 2.75) is 13.0 Å². The lowest BCUT2D eigenvalue weighted by atomic mass is 10.1. The van der Waals surface area contributed by atoms with E-state index in [4.69, 9.17) is 9.47 Å². The van der Waals surface area contributed by atoms with Gasteiger partial charge in [-0.3, -0.25) is 9.79 Å². The second-order valence-corrected chi connectivity index (χ2v) is 6.67. The van der Waals surface area contributed by atoms with Gasteiger partial charge in [-0.25, -0.2) is 0 Å². The zero-order valence-corrected chi connectivity index (χ0v) is 17.6. The number of ether oxygens (including phenoxy) is 2. The summed E-state index contributed by atoms with van der Waals surface area (Å²) in [4.78, 5) is 17.8. The highest BCUT2D eigenvalue weighted by Gasteiger charge is 2.07. The van der Waals surface area contributed by atoms with Crippen LogP contribution < -0.4 is 15.4 Å². The van der Waals surface area contributed by atoms with Crippen molar-refractivity contribution in [2.24, 2.45) is 4.99 Å². The zero-order valence-electron chi connectivity index (χ0n) is 17.6. The molecule has 7 nitrogen and oxygen atoms in total. The lowest BCUT2D eigenvalue weighted by Crippen LogP contribution is -2.30. The topological polar surface area (TPSA) is 75.2 Å². The normalized spacial score (nSPS) is 11.1. The maximum Gasteiger partial charge on any atom is 0.253 e. The molecule has 0 heterocycles. The van der Waals surface area contributed by atoms with Crippen molar-refractivity contribution in [3.63, 3.8) is 0 Å². The summed E-state index contributed by atoms with van der Waals surface area (Å²) in [6.45, 7) is 1.87. The molecule has 2 rings (SSSR count). The second kappa shape index (κ2) is 11.7. The van der Waals surface area contributed by atoms with E-state index in [-0.39, 0.29) is 5.91 Å². The molecule has 0 aliphatic carbocycles. The van der Waals surface area contributed by atoms with Gasteiger partial charge in [0.05, 0.1) is 6.61 Å². The van der Waals surface area contributed by atoms with Crippen LogP contribution in [-0.2, 0) is 11.3 Å². The predicted octanol–water partition coefficient (Wildman–Crippen LogP) is 2.99. The fraction of sp³-hybridized carbons (Fsp3) is 0.364. The molecule has 0 saturated heterocycles. The minimum absolute atomic E-state index is 0.00805. The number of nitrogens with one attached hydrogen (secondary N) is 2. The van der Waals surface area contributed by atoms with E-state index in [2.05, 4.69) is 15.6 Å². The molecule has 156 valence electrons. The Balaban J connectivity index is 1.88. The number of guanidine groups is 1. The smallest absolute Gasteiger partial charge is 0.253 e. The summed E-state index contributed by atoms with van der Waals surface area (Å²) in [5, 5.41) is 6.53. The van der Waals surface area contributed by atoms with Crippen LogP contribution in [0.1, 0.15) is 22.3 Å². The van der Waals surface area contributed by atoms with E-state index in [1.54, 1.807) is 33.2 Å². The van der Waals surface area contributed by atoms with Crippen molar-refractivity contribution in [3.05, 3.63) is 59.7 Å². The molecule has 0 aromatic heterocycles. The van der Waals surface area contributed by atoms with Crippen molar-refractivity contribution >= 4 is 17.6 Å². The Labute approximate surface area is 172 Å². The Kier molecular flexibility index (Phi) is 8.98. The Bertz CT molecular complexity index is 804. The van der Waals surface area contributed by atoms with Gasteiger partial charge in [-0.2, -0.15) is 0 Å². The number of nitrogens with zero attached hydrogens (tertiary/aromatic N) is 2. The number of carbonyl (C=O) groups excluding carboxylic acids is 1. The molecule has 0 atom stereocenters. The number of rotatable bonds is 9. The predicted molar refractivity (Wildman–Crippen MR) is 117 cm³/mol. The molecule has 0 spiro atoms. The quantitative estimate of drug-likeness (QED) is 0.386. The maximum atomic E-state index is 12.0. The molecule has 2 aromatic rings. The highest BCUT2D eigenvalue weighted by atomic mass is 16.5. The molecular formula is C22H30N4O3. The third-order valence-corrected chi connectivity index (χ3v) is 4.15. The van der Waals surface area contributed by atoms with Gasteiger partial charge in [0.25, 0.3) is 5.91 Å². The Morgan fingerprint density at radius 2 is 1.86 bits per heavy atom. The van der Waals surface area contributed by atoms with Crippen molar-refractivity contribution in [3.8, 4) is 5.75 Å². The van der Waals surface area contributed by atoms with Crippen molar-refractivity contribution in [1.29, 1.82) is 0 Å². The van der Waals surface area contributed by atoms with E-state index in [1.807, 2.05) is 48.5 Å². The molecule has 1 amide bonds. The molecular weight excluding hydrogens is 368 g/mol. The summed E-state index contributed by atoms with van der Waals surface area (Å²) in [6, 6.07) is 15.3. The van der Waals surface area contributed by atoms with E-state index in [0.717, 1.165) is 23.4 Å². The number of aliphatic imine (C=N–C) groups is 1. The zero-order chi connectivity index (χ0) is 21.1. The highest BCUT2D eigenvalue weighted by molar-refractivity contribution is 5.94. The average Bonchev–Trinajstić information content (AvgIpc) is 2.74. The van der Waals surface area contributed by atoms with Gasteiger partial charge in [-0.1, -0.05) is 18.2 Å². The molecule has 0 unspecified atom stereocenters. The molecule has 29 heavy (non-hydrogen) atoms. The first kappa shape index (κ1) is 22.2. The number of carbonyl (C=O) groups is 1. The average molecular weight is 399 g/mol. The molecule has 0 radical (unpaired) electrons. The minimum atomic E-state index is -0.00805. The van der Waals surface area contributed by atoms with Gasteiger partial charge in [-0.05, 0) is 29.8 Å². The first-order valence-corrected chi connectivity index (χ1v) is 9.53. The summed E-state index contributed by atoms with van der Waals surface area (Å²) in [7, 11) is 6.89. The van der Waals surface area contributed by atoms with E-state index >= 15 is 0 Å². The van der Waals surface area contributed by atoms with Gasteiger partial charge in [0.1, 0.15) is 5.75 Å². The number of anilines is 1. The number of methoxy groups -OCH3 is 1. The van der Waals surface area contributed by atoms with Crippen molar-refractivity contribution in [1.82, 2.24) is 10.2 Å². The molecule has 0 fully saturated rings. The van der Waals surface area contributed by atoms with Crippen LogP contribution in [0.4, 0.5) is 5.69 Å². The highest BCUT2D eigenvalue weighted by Crippen LogP contribution is 2.17. The molecule has 0 aliphatic heterocycles. The van der Waals surface area contributed by atoms with E-state index in [1.165, 1.54) is 0 Å². The number of hydrogen-bond donors (Lipinski definition) is 2. The van der Waals surface area contributed by atoms with E-state index < -0.39 is 0 Å². The Hall–Kier alpha value is -3.06.